The van der Waals surface area contributed by atoms with Crippen molar-refractivity contribution in [2.75, 3.05) is 6.61 Å². The molecule has 1 aliphatic rings. The molecular weight excluding hydrogens is 373 g/mol. The van der Waals surface area contributed by atoms with Gasteiger partial charge < -0.3 is 20.8 Å². The summed E-state index contributed by atoms with van der Waals surface area (Å²) in [7, 11) is 2.27. The number of benzene rings is 1. The normalized spacial score (nSPS) is 17.1. The minimum Gasteiger partial charge on any atom is -0.493 e. The lowest BCUT2D eigenvalue weighted by molar-refractivity contribution is -0.118. The number of hydrogen-bond donors (Lipinski definition) is 3. The van der Waals surface area contributed by atoms with Gasteiger partial charge in [0.05, 0.1) is 18.0 Å². The Kier molecular flexibility index (Phi) is 9.22. The average Bonchev–Trinajstić information content (AvgIpc) is 2.71. The van der Waals surface area contributed by atoms with Crippen molar-refractivity contribution in [1.29, 1.82) is 5.41 Å². The van der Waals surface area contributed by atoms with E-state index in [1.807, 2.05) is 26.0 Å². The van der Waals surface area contributed by atoms with Gasteiger partial charge in [0.15, 0.2) is 7.28 Å². The smallest absolute Gasteiger partial charge is 0.250 e. The quantitative estimate of drug-likeness (QED) is 0.273. The Morgan fingerprint density at radius 1 is 1.30 bits per heavy atom. The Hall–Kier alpha value is -2.50. The molecule has 1 aromatic carbocycles. The lowest BCUT2D eigenvalue weighted by atomic mass is 9.56. The molecule has 0 fully saturated rings. The second-order valence-electron chi connectivity index (χ2n) is 7.75. The van der Waals surface area contributed by atoms with Crippen molar-refractivity contribution >= 4 is 24.4 Å². The summed E-state index contributed by atoms with van der Waals surface area (Å²) in [6.45, 7) is 12.4. The Balaban J connectivity index is 2.37. The van der Waals surface area contributed by atoms with Crippen LogP contribution in [0.3, 0.4) is 0 Å². The van der Waals surface area contributed by atoms with Crippen molar-refractivity contribution in [2.24, 2.45) is 0 Å². The molecular formula is C24H35BN3O2. The van der Waals surface area contributed by atoms with Crippen LogP contribution in [-0.2, 0) is 4.79 Å². The molecule has 1 aliphatic heterocycles. The second kappa shape index (κ2) is 11.6. The molecule has 0 aromatic heterocycles. The van der Waals surface area contributed by atoms with E-state index in [2.05, 4.69) is 43.5 Å². The first-order chi connectivity index (χ1) is 14.4. The molecule has 1 amide bonds. The summed E-state index contributed by atoms with van der Waals surface area (Å²) in [5.74, 6) is 1.02. The minimum absolute atomic E-state index is 0.151. The fourth-order valence-corrected chi connectivity index (χ4v) is 3.79. The predicted molar refractivity (Wildman–Crippen MR) is 126 cm³/mol. The maximum atomic E-state index is 12.6. The Morgan fingerprint density at radius 2 is 2.07 bits per heavy atom. The molecule has 0 saturated carbocycles. The summed E-state index contributed by atoms with van der Waals surface area (Å²) in [6.07, 6.45) is 6.18. The van der Waals surface area contributed by atoms with Gasteiger partial charge in [-0.25, -0.2) is 0 Å². The van der Waals surface area contributed by atoms with E-state index < -0.39 is 6.17 Å². The zero-order valence-electron chi connectivity index (χ0n) is 18.8. The molecule has 0 aliphatic carbocycles. The number of allylic oxidation sites excluding steroid dienone is 2. The topological polar surface area (TPSA) is 74.2 Å². The van der Waals surface area contributed by atoms with Gasteiger partial charge in [-0.3, -0.25) is 4.79 Å². The maximum Gasteiger partial charge on any atom is 0.250 e. The summed E-state index contributed by atoms with van der Waals surface area (Å²) in [6, 6.07) is 6.11. The van der Waals surface area contributed by atoms with Crippen LogP contribution in [0.15, 0.2) is 42.1 Å². The molecule has 3 N–H and O–H groups in total. The summed E-state index contributed by atoms with van der Waals surface area (Å²) >= 11 is 0. The van der Waals surface area contributed by atoms with Crippen molar-refractivity contribution in [2.45, 2.75) is 71.8 Å². The minimum atomic E-state index is -0.438. The number of carbonyl (C=O) groups excluding carboxylic acids is 1. The van der Waals surface area contributed by atoms with E-state index in [0.29, 0.717) is 35.8 Å². The Morgan fingerprint density at radius 3 is 2.70 bits per heavy atom. The summed E-state index contributed by atoms with van der Waals surface area (Å²) < 4.78 is 5.86. The third-order valence-corrected chi connectivity index (χ3v) is 5.28. The standard InChI is InChI=1S/C24H35BN3O2/c1-6-10-17(11-7-2)25-18-13-14-21(30-9-4)19(15-18)23-27-22(20(26)12-8-3)16(5)24(29)28-23/h6,13-15,17,23,26-27H,1,7-12H2,2-5H3,(H,28,29). The molecule has 0 saturated heterocycles. The molecule has 5 nitrogen and oxygen atoms in total. The highest BCUT2D eigenvalue weighted by Gasteiger charge is 2.28. The Bertz CT molecular complexity index is 804. The molecule has 2 rings (SSSR count). The highest BCUT2D eigenvalue weighted by Crippen LogP contribution is 2.28. The molecule has 0 bridgehead atoms. The number of nitrogens with one attached hydrogen (secondary N) is 3. The van der Waals surface area contributed by atoms with Crippen LogP contribution in [0.1, 0.15) is 71.5 Å². The van der Waals surface area contributed by atoms with Gasteiger partial charge in [0.1, 0.15) is 11.9 Å². The summed E-state index contributed by atoms with van der Waals surface area (Å²) in [5, 5.41) is 14.8. The van der Waals surface area contributed by atoms with Crippen LogP contribution in [0.2, 0.25) is 5.82 Å². The van der Waals surface area contributed by atoms with Gasteiger partial charge in [-0.15, -0.1) is 6.58 Å². The first-order valence-electron chi connectivity index (χ1n) is 11.0. The zero-order chi connectivity index (χ0) is 22.1. The van der Waals surface area contributed by atoms with E-state index in [0.717, 1.165) is 42.5 Å². The SMILES string of the molecule is C=CCC([B]c1ccc(OCC)c(C2NC(=O)C(C)=C(C(=N)CCC)N2)c1)CCC. The number of amides is 1. The molecule has 2 unspecified atom stereocenters. The zero-order valence-corrected chi connectivity index (χ0v) is 18.8. The van der Waals surface area contributed by atoms with Gasteiger partial charge in [0.2, 0.25) is 0 Å². The van der Waals surface area contributed by atoms with E-state index in [4.69, 9.17) is 10.1 Å². The van der Waals surface area contributed by atoms with Gasteiger partial charge in [-0.1, -0.05) is 62.6 Å². The van der Waals surface area contributed by atoms with Crippen LogP contribution in [0.5, 0.6) is 5.75 Å². The largest absolute Gasteiger partial charge is 0.493 e. The lowest BCUT2D eigenvalue weighted by Gasteiger charge is -2.31. The fourth-order valence-electron chi connectivity index (χ4n) is 3.79. The number of hydrogen-bond acceptors (Lipinski definition) is 4. The van der Waals surface area contributed by atoms with E-state index >= 15 is 0 Å². The monoisotopic (exact) mass is 408 g/mol. The van der Waals surface area contributed by atoms with E-state index in [1.165, 1.54) is 0 Å². The average molecular weight is 408 g/mol. The number of carbonyl (C=O) groups is 1. The van der Waals surface area contributed by atoms with Crippen LogP contribution < -0.4 is 20.8 Å². The first-order valence-corrected chi connectivity index (χ1v) is 11.0. The van der Waals surface area contributed by atoms with Crippen molar-refractivity contribution in [3.8, 4) is 5.75 Å². The molecule has 1 radical (unpaired) electrons. The van der Waals surface area contributed by atoms with E-state index in [-0.39, 0.29) is 5.91 Å². The van der Waals surface area contributed by atoms with Gasteiger partial charge in [0.25, 0.3) is 5.91 Å². The first kappa shape index (κ1) is 23.8. The van der Waals surface area contributed by atoms with Crippen molar-refractivity contribution in [3.05, 3.63) is 47.7 Å². The van der Waals surface area contributed by atoms with Gasteiger partial charge >= 0.3 is 0 Å². The van der Waals surface area contributed by atoms with Crippen LogP contribution in [-0.4, -0.2) is 25.5 Å². The van der Waals surface area contributed by atoms with Crippen LogP contribution in [0.4, 0.5) is 0 Å². The lowest BCUT2D eigenvalue weighted by Crippen LogP contribution is -2.46. The maximum absolute atomic E-state index is 12.6. The molecule has 2 atom stereocenters. The van der Waals surface area contributed by atoms with Crippen LogP contribution >= 0.6 is 0 Å². The number of rotatable bonds is 12. The van der Waals surface area contributed by atoms with E-state index in [1.54, 1.807) is 6.92 Å². The van der Waals surface area contributed by atoms with Gasteiger partial charge in [-0.2, -0.15) is 0 Å². The van der Waals surface area contributed by atoms with Crippen molar-refractivity contribution in [3.63, 3.8) is 0 Å². The molecule has 1 aromatic rings. The second-order valence-corrected chi connectivity index (χ2v) is 7.75. The molecule has 161 valence electrons. The third-order valence-electron chi connectivity index (χ3n) is 5.28. The van der Waals surface area contributed by atoms with Crippen molar-refractivity contribution < 1.29 is 9.53 Å². The highest BCUT2D eigenvalue weighted by molar-refractivity contribution is 6.55. The molecule has 6 heteroatoms. The molecule has 1 heterocycles. The predicted octanol–water partition coefficient (Wildman–Crippen LogP) is 4.39. The van der Waals surface area contributed by atoms with Crippen LogP contribution in [0, 0.1) is 5.41 Å². The molecule has 30 heavy (non-hydrogen) atoms. The van der Waals surface area contributed by atoms with Crippen molar-refractivity contribution in [1.82, 2.24) is 10.6 Å². The Labute approximate surface area is 182 Å². The van der Waals surface area contributed by atoms with E-state index in [9.17, 15) is 4.79 Å². The highest BCUT2D eigenvalue weighted by atomic mass is 16.5. The third kappa shape index (κ3) is 6.00. The summed E-state index contributed by atoms with van der Waals surface area (Å²) in [4.78, 5) is 12.6. The number of ether oxygens (including phenoxy) is 1. The van der Waals surface area contributed by atoms with Crippen LogP contribution in [0.25, 0.3) is 0 Å². The van der Waals surface area contributed by atoms with Gasteiger partial charge in [-0.05, 0) is 32.8 Å². The van der Waals surface area contributed by atoms with Gasteiger partial charge in [0, 0.05) is 11.1 Å². The fraction of sp³-hybridized carbons (Fsp3) is 0.500. The molecule has 0 spiro atoms. The summed E-state index contributed by atoms with van der Waals surface area (Å²) in [5.41, 5.74) is 3.62.